The maximum Gasteiger partial charge on any atom is 0.235 e. The third kappa shape index (κ3) is 3.91. The fraction of sp³-hybridized carbons (Fsp3) is 0.182. The van der Waals surface area contributed by atoms with Crippen LogP contribution < -0.4 is 10.1 Å². The lowest BCUT2D eigenvalue weighted by atomic mass is 10.0. The monoisotopic (exact) mass is 409 g/mol. The van der Waals surface area contributed by atoms with Crippen molar-refractivity contribution in [3.05, 3.63) is 83.8 Å². The zero-order valence-electron chi connectivity index (χ0n) is 15.9. The quantitative estimate of drug-likeness (QED) is 0.623. The average molecular weight is 409 g/mol. The van der Waals surface area contributed by atoms with Crippen LogP contribution in [0.4, 0.5) is 10.2 Å². The second kappa shape index (κ2) is 8.13. The number of carbonyl (C=O) groups is 1. The zero-order chi connectivity index (χ0) is 20.4. The molecule has 4 rings (SSSR count). The first-order valence-corrected chi connectivity index (χ1v) is 10.2. The van der Waals surface area contributed by atoms with Crippen LogP contribution in [0.25, 0.3) is 5.69 Å². The van der Waals surface area contributed by atoms with E-state index in [9.17, 15) is 9.18 Å². The molecule has 1 atom stereocenters. The maximum atomic E-state index is 13.3. The smallest absolute Gasteiger partial charge is 0.235 e. The van der Waals surface area contributed by atoms with Gasteiger partial charge in [-0.25, -0.2) is 9.07 Å². The van der Waals surface area contributed by atoms with Crippen molar-refractivity contribution in [1.29, 1.82) is 0 Å². The highest BCUT2D eigenvalue weighted by Crippen LogP contribution is 2.44. The van der Waals surface area contributed by atoms with Crippen LogP contribution in [0.2, 0.25) is 0 Å². The van der Waals surface area contributed by atoms with Crippen molar-refractivity contribution in [2.24, 2.45) is 0 Å². The molecule has 0 spiro atoms. The lowest BCUT2D eigenvalue weighted by Gasteiger charge is -2.16. The molecule has 2 heterocycles. The molecule has 2 aromatic carbocycles. The molecule has 1 unspecified atom stereocenters. The lowest BCUT2D eigenvalue weighted by molar-refractivity contribution is -0.113. The molecule has 1 aliphatic rings. The first-order chi connectivity index (χ1) is 14.1. The van der Waals surface area contributed by atoms with Gasteiger partial charge in [0.25, 0.3) is 0 Å². The lowest BCUT2D eigenvalue weighted by Crippen LogP contribution is -2.15. The standard InChI is InChI=1S/C22H20FN3O2S/c1-3-12-28-18-10-4-15(5-11-18)21-20-14(2)25-26(17-8-6-16(23)7-9-17)22(20)24-19(27)13-29-21/h3-11,21H,1,12-13H2,2H3,(H,24,27). The van der Waals surface area contributed by atoms with Crippen LogP contribution in [0, 0.1) is 12.7 Å². The van der Waals surface area contributed by atoms with E-state index in [1.54, 1.807) is 34.7 Å². The molecule has 7 heteroatoms. The molecule has 0 bridgehead atoms. The van der Waals surface area contributed by atoms with Gasteiger partial charge in [0.05, 0.1) is 22.4 Å². The number of aromatic nitrogens is 2. The predicted octanol–water partition coefficient (Wildman–Crippen LogP) is 4.66. The number of benzene rings is 2. The van der Waals surface area contributed by atoms with E-state index in [4.69, 9.17) is 4.74 Å². The van der Waals surface area contributed by atoms with E-state index in [-0.39, 0.29) is 17.0 Å². The summed E-state index contributed by atoms with van der Waals surface area (Å²) in [5.41, 5.74) is 3.51. The molecular formula is C22H20FN3O2S. The second-order valence-corrected chi connectivity index (χ2v) is 7.74. The van der Waals surface area contributed by atoms with Gasteiger partial charge < -0.3 is 10.1 Å². The fourth-order valence-electron chi connectivity index (χ4n) is 3.31. The molecule has 0 saturated heterocycles. The average Bonchev–Trinajstić information content (AvgIpc) is 2.93. The summed E-state index contributed by atoms with van der Waals surface area (Å²) in [7, 11) is 0. The van der Waals surface area contributed by atoms with Crippen molar-refractivity contribution in [2.75, 3.05) is 17.7 Å². The van der Waals surface area contributed by atoms with E-state index < -0.39 is 0 Å². The molecule has 1 aromatic heterocycles. The number of hydrogen-bond donors (Lipinski definition) is 1. The molecule has 0 aliphatic carbocycles. The van der Waals surface area contributed by atoms with Crippen LogP contribution in [0.1, 0.15) is 22.1 Å². The third-order valence-corrected chi connectivity index (χ3v) is 5.90. The van der Waals surface area contributed by atoms with Crippen LogP contribution in [-0.4, -0.2) is 28.0 Å². The van der Waals surface area contributed by atoms with Crippen LogP contribution in [0.15, 0.2) is 61.2 Å². The van der Waals surface area contributed by atoms with Gasteiger partial charge in [-0.05, 0) is 48.9 Å². The highest BCUT2D eigenvalue weighted by molar-refractivity contribution is 8.00. The van der Waals surface area contributed by atoms with Gasteiger partial charge in [0.1, 0.15) is 24.0 Å². The SMILES string of the molecule is C=CCOc1ccc(C2SCC(=O)Nc3c2c(C)nn3-c2ccc(F)cc2)cc1. The van der Waals surface area contributed by atoms with Gasteiger partial charge in [0.2, 0.25) is 5.91 Å². The number of nitrogens with one attached hydrogen (secondary N) is 1. The number of carbonyl (C=O) groups excluding carboxylic acids is 1. The Morgan fingerprint density at radius 1 is 1.28 bits per heavy atom. The van der Waals surface area contributed by atoms with Crippen molar-refractivity contribution in [3.63, 3.8) is 0 Å². The molecule has 0 fully saturated rings. The Balaban J connectivity index is 1.76. The minimum absolute atomic E-state index is 0.0633. The Morgan fingerprint density at radius 3 is 2.69 bits per heavy atom. The molecule has 0 radical (unpaired) electrons. The number of ether oxygens (including phenoxy) is 1. The number of fused-ring (bicyclic) bond motifs is 1. The molecule has 1 aliphatic heterocycles. The molecular weight excluding hydrogens is 389 g/mol. The van der Waals surface area contributed by atoms with Crippen LogP contribution in [0.3, 0.4) is 0 Å². The van der Waals surface area contributed by atoms with E-state index in [0.717, 1.165) is 22.6 Å². The van der Waals surface area contributed by atoms with Gasteiger partial charge in [-0.2, -0.15) is 5.10 Å². The molecule has 5 nitrogen and oxygen atoms in total. The largest absolute Gasteiger partial charge is 0.490 e. The van der Waals surface area contributed by atoms with Crippen molar-refractivity contribution in [1.82, 2.24) is 9.78 Å². The normalized spacial score (nSPS) is 15.9. The number of thioether (sulfide) groups is 1. The first kappa shape index (κ1) is 19.3. The minimum Gasteiger partial charge on any atom is -0.490 e. The second-order valence-electron chi connectivity index (χ2n) is 6.64. The molecule has 148 valence electrons. The molecule has 0 saturated carbocycles. The summed E-state index contributed by atoms with van der Waals surface area (Å²) in [5, 5.41) is 7.54. The highest BCUT2D eigenvalue weighted by atomic mass is 32.2. The van der Waals surface area contributed by atoms with Crippen LogP contribution in [-0.2, 0) is 4.79 Å². The van der Waals surface area contributed by atoms with E-state index in [0.29, 0.717) is 23.9 Å². The summed E-state index contributed by atoms with van der Waals surface area (Å²) < 4.78 is 20.6. The van der Waals surface area contributed by atoms with Crippen LogP contribution >= 0.6 is 11.8 Å². The Kier molecular flexibility index (Phi) is 5.40. The molecule has 3 aromatic rings. The van der Waals surface area contributed by atoms with Crippen molar-refractivity contribution < 1.29 is 13.9 Å². The third-order valence-electron chi connectivity index (χ3n) is 4.63. The van der Waals surface area contributed by atoms with Crippen LogP contribution in [0.5, 0.6) is 5.75 Å². The summed E-state index contributed by atoms with van der Waals surface area (Å²) in [6.45, 7) is 6.02. The highest BCUT2D eigenvalue weighted by Gasteiger charge is 2.30. The maximum absolute atomic E-state index is 13.3. The van der Waals surface area contributed by atoms with Gasteiger partial charge in [-0.15, -0.1) is 11.8 Å². The molecule has 29 heavy (non-hydrogen) atoms. The van der Waals surface area contributed by atoms with Gasteiger partial charge in [-0.3, -0.25) is 4.79 Å². The van der Waals surface area contributed by atoms with Crippen molar-refractivity contribution in [3.8, 4) is 11.4 Å². The Hall–Kier alpha value is -3.06. The topological polar surface area (TPSA) is 56.1 Å². The van der Waals surface area contributed by atoms with E-state index >= 15 is 0 Å². The van der Waals surface area contributed by atoms with Crippen molar-refractivity contribution >= 4 is 23.5 Å². The first-order valence-electron chi connectivity index (χ1n) is 9.17. The summed E-state index contributed by atoms with van der Waals surface area (Å²) in [6.07, 6.45) is 1.70. The van der Waals surface area contributed by atoms with E-state index in [1.165, 1.54) is 12.1 Å². The van der Waals surface area contributed by atoms with Gasteiger partial charge in [-0.1, -0.05) is 24.8 Å². The Morgan fingerprint density at radius 2 is 2.00 bits per heavy atom. The number of rotatable bonds is 5. The number of aryl methyl sites for hydroxylation is 1. The number of amides is 1. The number of hydrogen-bond acceptors (Lipinski definition) is 4. The number of anilines is 1. The minimum atomic E-state index is -0.319. The summed E-state index contributed by atoms with van der Waals surface area (Å²) in [6, 6.07) is 13.9. The van der Waals surface area contributed by atoms with Crippen molar-refractivity contribution in [2.45, 2.75) is 12.2 Å². The van der Waals surface area contributed by atoms with E-state index in [2.05, 4.69) is 17.0 Å². The summed E-state index contributed by atoms with van der Waals surface area (Å²) in [4.78, 5) is 12.4. The number of halogens is 1. The van der Waals surface area contributed by atoms with Gasteiger partial charge in [0.15, 0.2) is 0 Å². The fourth-order valence-corrected chi connectivity index (χ4v) is 4.50. The van der Waals surface area contributed by atoms with Gasteiger partial charge in [0, 0.05) is 5.56 Å². The predicted molar refractivity (Wildman–Crippen MR) is 113 cm³/mol. The zero-order valence-corrected chi connectivity index (χ0v) is 16.7. The summed E-state index contributed by atoms with van der Waals surface area (Å²) in [5.74, 6) is 1.31. The summed E-state index contributed by atoms with van der Waals surface area (Å²) >= 11 is 1.55. The Bertz CT molecular complexity index is 1050. The molecule has 1 N–H and O–H groups in total. The van der Waals surface area contributed by atoms with Gasteiger partial charge >= 0.3 is 0 Å². The molecule has 1 amide bonds. The van der Waals surface area contributed by atoms with E-state index in [1.807, 2.05) is 31.2 Å². The Labute approximate surface area is 172 Å². The number of nitrogens with zero attached hydrogens (tertiary/aromatic N) is 2.